The van der Waals surface area contributed by atoms with E-state index < -0.39 is 15.9 Å². The van der Waals surface area contributed by atoms with Gasteiger partial charge in [-0.15, -0.1) is 0 Å². The number of para-hydroxylation sites is 2. The summed E-state index contributed by atoms with van der Waals surface area (Å²) in [6, 6.07) is 17.6. The topological polar surface area (TPSA) is 88.4 Å². The van der Waals surface area contributed by atoms with Crippen molar-refractivity contribution in [3.8, 4) is 0 Å². The Morgan fingerprint density at radius 1 is 0.833 bits per heavy atom. The minimum absolute atomic E-state index is 0.135. The van der Waals surface area contributed by atoms with Crippen molar-refractivity contribution in [2.45, 2.75) is 4.90 Å². The van der Waals surface area contributed by atoms with E-state index in [9.17, 15) is 13.2 Å². The van der Waals surface area contributed by atoms with Gasteiger partial charge in [0.25, 0.3) is 15.9 Å². The molecule has 0 aliphatic rings. The molecule has 122 valence electrons. The molecule has 0 unspecified atom stereocenters. The maximum absolute atomic E-state index is 12.4. The monoisotopic (exact) mass is 342 g/mol. The van der Waals surface area contributed by atoms with E-state index in [1.165, 1.54) is 24.5 Å². The minimum atomic E-state index is -3.75. The molecule has 1 aromatic heterocycles. The number of rotatable bonds is 5. The van der Waals surface area contributed by atoms with Crippen molar-refractivity contribution in [3.05, 3.63) is 78.8 Å². The van der Waals surface area contributed by atoms with Gasteiger partial charge in [0.1, 0.15) is 0 Å². The van der Waals surface area contributed by atoms with Gasteiger partial charge in [-0.2, -0.15) is 0 Å². The lowest BCUT2D eigenvalue weighted by Crippen LogP contribution is -2.16. The fourth-order valence-corrected chi connectivity index (χ4v) is 3.18. The Balaban J connectivity index is 1.86. The fourth-order valence-electron chi connectivity index (χ4n) is 2.08. The first-order valence-corrected chi connectivity index (χ1v) is 8.56. The van der Waals surface area contributed by atoms with Crippen LogP contribution in [0.3, 0.4) is 0 Å². The van der Waals surface area contributed by atoms with Crippen LogP contribution in [0.2, 0.25) is 0 Å². The summed E-state index contributed by atoms with van der Waals surface area (Å²) < 4.78 is 32.4. The first kappa shape index (κ1) is 15.8. The largest absolute Gasteiger partial charge is 0.459 e. The van der Waals surface area contributed by atoms with Gasteiger partial charge in [0.05, 0.1) is 22.5 Å². The number of furan rings is 1. The lowest BCUT2D eigenvalue weighted by Gasteiger charge is -2.13. The summed E-state index contributed by atoms with van der Waals surface area (Å²) in [7, 11) is -3.75. The summed E-state index contributed by atoms with van der Waals surface area (Å²) in [6.45, 7) is 0. The van der Waals surface area contributed by atoms with Crippen molar-refractivity contribution in [3.63, 3.8) is 0 Å². The molecule has 3 aromatic rings. The van der Waals surface area contributed by atoms with Crippen LogP contribution in [0.15, 0.2) is 82.3 Å². The van der Waals surface area contributed by atoms with Crippen LogP contribution in [0.1, 0.15) is 10.6 Å². The Kier molecular flexibility index (Phi) is 4.35. The highest BCUT2D eigenvalue weighted by Crippen LogP contribution is 2.25. The van der Waals surface area contributed by atoms with E-state index in [2.05, 4.69) is 10.0 Å². The normalized spacial score (nSPS) is 11.0. The highest BCUT2D eigenvalue weighted by molar-refractivity contribution is 7.92. The molecule has 1 heterocycles. The third kappa shape index (κ3) is 3.47. The number of hydrogen-bond donors (Lipinski definition) is 2. The predicted molar refractivity (Wildman–Crippen MR) is 90.4 cm³/mol. The van der Waals surface area contributed by atoms with E-state index in [4.69, 9.17) is 4.42 Å². The average Bonchev–Trinajstić information content (AvgIpc) is 3.12. The van der Waals surface area contributed by atoms with E-state index in [1.807, 2.05) is 0 Å². The molecule has 3 rings (SSSR count). The molecule has 0 aliphatic carbocycles. The summed E-state index contributed by atoms with van der Waals surface area (Å²) in [6.07, 6.45) is 1.39. The van der Waals surface area contributed by atoms with Gasteiger partial charge in [-0.3, -0.25) is 9.52 Å². The molecule has 0 fully saturated rings. The fraction of sp³-hybridized carbons (Fsp3) is 0. The molecular formula is C17H14N2O4S. The van der Waals surface area contributed by atoms with Crippen LogP contribution < -0.4 is 10.0 Å². The zero-order valence-corrected chi connectivity index (χ0v) is 13.3. The van der Waals surface area contributed by atoms with Crippen molar-refractivity contribution in [1.82, 2.24) is 0 Å². The predicted octanol–water partition coefficient (Wildman–Crippen LogP) is 3.33. The van der Waals surface area contributed by atoms with Crippen LogP contribution in [-0.4, -0.2) is 14.3 Å². The van der Waals surface area contributed by atoms with Crippen LogP contribution >= 0.6 is 0 Å². The number of hydrogen-bond acceptors (Lipinski definition) is 4. The zero-order chi connectivity index (χ0) is 17.0. The van der Waals surface area contributed by atoms with Gasteiger partial charge in [-0.1, -0.05) is 30.3 Å². The highest BCUT2D eigenvalue weighted by Gasteiger charge is 2.17. The van der Waals surface area contributed by atoms with Gasteiger partial charge in [-0.05, 0) is 36.4 Å². The molecule has 24 heavy (non-hydrogen) atoms. The van der Waals surface area contributed by atoms with E-state index in [-0.39, 0.29) is 16.3 Å². The summed E-state index contributed by atoms with van der Waals surface area (Å²) in [4.78, 5) is 12.2. The maximum atomic E-state index is 12.4. The molecule has 0 aliphatic heterocycles. The van der Waals surface area contributed by atoms with Crippen LogP contribution in [0, 0.1) is 0 Å². The third-order valence-corrected chi connectivity index (χ3v) is 4.60. The van der Waals surface area contributed by atoms with Gasteiger partial charge in [0.15, 0.2) is 5.76 Å². The van der Waals surface area contributed by atoms with Gasteiger partial charge in [0.2, 0.25) is 0 Å². The molecule has 1 amide bonds. The van der Waals surface area contributed by atoms with Crippen LogP contribution in [-0.2, 0) is 10.0 Å². The Morgan fingerprint density at radius 3 is 2.17 bits per heavy atom. The van der Waals surface area contributed by atoms with Gasteiger partial charge in [0, 0.05) is 0 Å². The number of carbonyl (C=O) groups is 1. The minimum Gasteiger partial charge on any atom is -0.459 e. The smallest absolute Gasteiger partial charge is 0.291 e. The Labute approximate surface area is 139 Å². The summed E-state index contributed by atoms with van der Waals surface area (Å²) in [5, 5.41) is 2.63. The number of anilines is 2. The highest BCUT2D eigenvalue weighted by atomic mass is 32.2. The van der Waals surface area contributed by atoms with Gasteiger partial charge in [-0.25, -0.2) is 8.42 Å². The number of sulfonamides is 1. The Hall–Kier alpha value is -3.06. The molecule has 0 saturated carbocycles. The molecule has 2 N–H and O–H groups in total. The third-order valence-electron chi connectivity index (χ3n) is 3.22. The van der Waals surface area contributed by atoms with Gasteiger partial charge < -0.3 is 9.73 Å². The lowest BCUT2D eigenvalue weighted by molar-refractivity contribution is 0.0996. The quantitative estimate of drug-likeness (QED) is 0.744. The van der Waals surface area contributed by atoms with Crippen molar-refractivity contribution in [2.24, 2.45) is 0 Å². The lowest BCUT2D eigenvalue weighted by atomic mass is 10.2. The SMILES string of the molecule is O=C(Nc1ccccc1NS(=O)(=O)c1ccccc1)c1ccco1. The second-order valence-corrected chi connectivity index (χ2v) is 6.58. The van der Waals surface area contributed by atoms with Crippen molar-refractivity contribution in [1.29, 1.82) is 0 Å². The zero-order valence-electron chi connectivity index (χ0n) is 12.5. The van der Waals surface area contributed by atoms with E-state index in [0.717, 1.165) is 0 Å². The van der Waals surface area contributed by atoms with E-state index >= 15 is 0 Å². The molecular weight excluding hydrogens is 328 g/mol. The standard InChI is InChI=1S/C17H14N2O4S/c20-17(16-11-6-12-23-16)18-14-9-4-5-10-15(14)19-24(21,22)13-7-2-1-3-8-13/h1-12,19H,(H,18,20). The Bertz CT molecular complexity index is 936. The number of benzene rings is 2. The van der Waals surface area contributed by atoms with E-state index in [0.29, 0.717) is 5.69 Å². The number of carbonyl (C=O) groups excluding carboxylic acids is 1. The van der Waals surface area contributed by atoms with E-state index in [1.54, 1.807) is 48.5 Å². The van der Waals surface area contributed by atoms with Crippen molar-refractivity contribution in [2.75, 3.05) is 10.0 Å². The second-order valence-electron chi connectivity index (χ2n) is 4.90. The molecule has 0 radical (unpaired) electrons. The average molecular weight is 342 g/mol. The van der Waals surface area contributed by atoms with Crippen LogP contribution in [0.4, 0.5) is 11.4 Å². The summed E-state index contributed by atoms with van der Waals surface area (Å²) in [5.41, 5.74) is 0.597. The molecule has 6 nitrogen and oxygen atoms in total. The maximum Gasteiger partial charge on any atom is 0.291 e. The molecule has 0 saturated heterocycles. The molecule has 2 aromatic carbocycles. The number of amides is 1. The van der Waals surface area contributed by atoms with Crippen LogP contribution in [0.25, 0.3) is 0 Å². The number of nitrogens with one attached hydrogen (secondary N) is 2. The molecule has 7 heteroatoms. The first-order valence-electron chi connectivity index (χ1n) is 7.08. The Morgan fingerprint density at radius 2 is 1.50 bits per heavy atom. The van der Waals surface area contributed by atoms with Crippen LogP contribution in [0.5, 0.6) is 0 Å². The van der Waals surface area contributed by atoms with Crippen molar-refractivity contribution >= 4 is 27.3 Å². The molecule has 0 atom stereocenters. The van der Waals surface area contributed by atoms with Crippen molar-refractivity contribution < 1.29 is 17.6 Å². The summed E-state index contributed by atoms with van der Waals surface area (Å²) >= 11 is 0. The molecule has 0 spiro atoms. The molecule has 0 bridgehead atoms. The first-order chi connectivity index (χ1) is 11.6. The van der Waals surface area contributed by atoms with Gasteiger partial charge >= 0.3 is 0 Å². The summed E-state index contributed by atoms with van der Waals surface area (Å²) in [5.74, 6) is -0.331. The second kappa shape index (κ2) is 6.59.